The lowest BCUT2D eigenvalue weighted by atomic mass is 10.0. The summed E-state index contributed by atoms with van der Waals surface area (Å²) in [7, 11) is 0. The van der Waals surface area contributed by atoms with Crippen LogP contribution in [-0.4, -0.2) is 38.2 Å². The summed E-state index contributed by atoms with van der Waals surface area (Å²) in [6.45, 7) is 1.14. The average Bonchev–Trinajstić information content (AvgIpc) is 3.38. The number of aromatic nitrogens is 5. The molecule has 0 saturated carbocycles. The lowest BCUT2D eigenvalue weighted by molar-refractivity contribution is -0.0293. The number of nitriles is 1. The second-order valence-corrected chi connectivity index (χ2v) is 10.2. The number of pyridine rings is 2. The van der Waals surface area contributed by atoms with E-state index in [-0.39, 0.29) is 16.6 Å². The molecule has 5 aromatic rings. The molecule has 0 spiro atoms. The highest BCUT2D eigenvalue weighted by Gasteiger charge is 2.26. The van der Waals surface area contributed by atoms with Gasteiger partial charge in [-0.25, -0.2) is 14.1 Å². The molecule has 1 saturated heterocycles. The Bertz CT molecular complexity index is 1790. The lowest BCUT2D eigenvalue weighted by Crippen LogP contribution is -2.31. The minimum absolute atomic E-state index is 0.0556. The van der Waals surface area contributed by atoms with Gasteiger partial charge >= 0.3 is 0 Å². The number of rotatable bonds is 7. The molecule has 1 unspecified atom stereocenters. The van der Waals surface area contributed by atoms with Crippen LogP contribution < -0.4 is 10.6 Å². The fraction of sp³-hybridized carbons (Fsp3) is 0.148. The first-order valence-electron chi connectivity index (χ1n) is 12.0. The summed E-state index contributed by atoms with van der Waals surface area (Å²) >= 11 is 19.2. The van der Waals surface area contributed by atoms with Gasteiger partial charge in [0.25, 0.3) is 0 Å². The maximum atomic E-state index is 13.8. The molecule has 1 aliphatic rings. The molecule has 40 heavy (non-hydrogen) atoms. The normalized spacial score (nSPS) is 14.0. The molecule has 1 fully saturated rings. The van der Waals surface area contributed by atoms with Crippen molar-refractivity contribution in [2.75, 3.05) is 23.8 Å². The van der Waals surface area contributed by atoms with Crippen LogP contribution in [0.25, 0.3) is 10.9 Å². The fourth-order valence-electron chi connectivity index (χ4n) is 4.35. The molecule has 0 radical (unpaired) electrons. The van der Waals surface area contributed by atoms with E-state index in [4.69, 9.17) is 39.5 Å². The number of benzene rings is 2. The zero-order valence-electron chi connectivity index (χ0n) is 20.4. The molecule has 2 aromatic carbocycles. The van der Waals surface area contributed by atoms with E-state index in [0.717, 1.165) is 0 Å². The third-order valence-corrected chi connectivity index (χ3v) is 7.36. The SMILES string of the molecule is N#Cc1cnc2c(Cl)cc(NC(c3cn(C4COC4)nn3)c3cccnc3Cl)cc2c1Nc1ccc(F)c(Cl)c1. The Hall–Kier alpha value is -4.01. The summed E-state index contributed by atoms with van der Waals surface area (Å²) in [6, 6.07) is 13.1. The summed E-state index contributed by atoms with van der Waals surface area (Å²) in [5, 5.41) is 26.3. The van der Waals surface area contributed by atoms with E-state index in [1.165, 1.54) is 24.4 Å². The van der Waals surface area contributed by atoms with Crippen LogP contribution in [0.5, 0.6) is 0 Å². The van der Waals surface area contributed by atoms with E-state index < -0.39 is 11.9 Å². The minimum Gasteiger partial charge on any atom is -0.377 e. The van der Waals surface area contributed by atoms with Crippen molar-refractivity contribution in [2.24, 2.45) is 0 Å². The smallest absolute Gasteiger partial charge is 0.141 e. The molecular formula is C27H18Cl3FN8O. The first kappa shape index (κ1) is 26.2. The highest BCUT2D eigenvalue weighted by Crippen LogP contribution is 2.38. The molecule has 2 N–H and O–H groups in total. The van der Waals surface area contributed by atoms with Gasteiger partial charge in [0.15, 0.2) is 0 Å². The standard InChI is InChI=1S/C27H18Cl3FN8O/c28-20-7-15(3-4-22(20)31)35-24-14(9-32)10-34-25-19(24)6-16(8-21(25)29)36-26(18-2-1-5-33-27(18)30)23-11-39(38-37-23)17-12-40-13-17/h1-8,10-11,17,26,36H,12-13H2,(H,34,35). The molecule has 1 atom stereocenters. The van der Waals surface area contributed by atoms with Gasteiger partial charge in [0.2, 0.25) is 0 Å². The predicted octanol–water partition coefficient (Wildman–Crippen LogP) is 6.71. The maximum Gasteiger partial charge on any atom is 0.141 e. The van der Waals surface area contributed by atoms with Gasteiger partial charge in [0.05, 0.1) is 46.2 Å². The van der Waals surface area contributed by atoms with Crippen LogP contribution >= 0.6 is 34.8 Å². The van der Waals surface area contributed by atoms with E-state index in [2.05, 4.69) is 37.0 Å². The van der Waals surface area contributed by atoms with Gasteiger partial charge in [-0.15, -0.1) is 5.10 Å². The van der Waals surface area contributed by atoms with Gasteiger partial charge in [0.1, 0.15) is 34.8 Å². The first-order chi connectivity index (χ1) is 19.4. The second-order valence-electron chi connectivity index (χ2n) is 9.04. The van der Waals surface area contributed by atoms with Crippen molar-refractivity contribution in [3.05, 3.63) is 98.9 Å². The van der Waals surface area contributed by atoms with Crippen molar-refractivity contribution in [2.45, 2.75) is 12.1 Å². The summed E-state index contributed by atoms with van der Waals surface area (Å²) < 4.78 is 20.8. The topological polar surface area (TPSA) is 114 Å². The molecule has 200 valence electrons. The molecule has 9 nitrogen and oxygen atoms in total. The molecular weight excluding hydrogens is 578 g/mol. The molecule has 0 amide bonds. The van der Waals surface area contributed by atoms with Crippen molar-refractivity contribution >= 4 is 62.8 Å². The van der Waals surface area contributed by atoms with Crippen LogP contribution in [0.3, 0.4) is 0 Å². The third-order valence-electron chi connectivity index (χ3n) is 6.46. The molecule has 0 bridgehead atoms. The van der Waals surface area contributed by atoms with E-state index in [9.17, 15) is 9.65 Å². The van der Waals surface area contributed by atoms with Gasteiger partial charge in [-0.2, -0.15) is 5.26 Å². The number of nitrogens with zero attached hydrogens (tertiary/aromatic N) is 6. The predicted molar refractivity (Wildman–Crippen MR) is 151 cm³/mol. The van der Waals surface area contributed by atoms with Crippen LogP contribution in [0.2, 0.25) is 15.2 Å². The Labute approximate surface area is 242 Å². The number of halogens is 4. The van der Waals surface area contributed by atoms with Gasteiger partial charge in [-0.3, -0.25) is 4.98 Å². The highest BCUT2D eigenvalue weighted by molar-refractivity contribution is 6.36. The quantitative estimate of drug-likeness (QED) is 0.200. The Kier molecular flexibility index (Phi) is 7.12. The lowest BCUT2D eigenvalue weighted by Gasteiger charge is -2.25. The number of ether oxygens (including phenoxy) is 1. The van der Waals surface area contributed by atoms with Crippen LogP contribution in [0.4, 0.5) is 21.5 Å². The van der Waals surface area contributed by atoms with E-state index in [0.29, 0.717) is 62.6 Å². The number of fused-ring (bicyclic) bond motifs is 1. The van der Waals surface area contributed by atoms with Crippen molar-refractivity contribution < 1.29 is 9.13 Å². The first-order valence-corrected chi connectivity index (χ1v) is 13.2. The van der Waals surface area contributed by atoms with Crippen molar-refractivity contribution in [1.29, 1.82) is 5.26 Å². The number of hydrogen-bond donors (Lipinski definition) is 2. The van der Waals surface area contributed by atoms with Crippen LogP contribution in [0.1, 0.15) is 28.9 Å². The Morgan fingerprint density at radius 3 is 2.62 bits per heavy atom. The van der Waals surface area contributed by atoms with Gasteiger partial charge < -0.3 is 15.4 Å². The Morgan fingerprint density at radius 2 is 1.90 bits per heavy atom. The van der Waals surface area contributed by atoms with Gasteiger partial charge in [-0.05, 0) is 36.4 Å². The summed E-state index contributed by atoms with van der Waals surface area (Å²) in [4.78, 5) is 8.63. The molecule has 3 aromatic heterocycles. The van der Waals surface area contributed by atoms with E-state index in [1.807, 2.05) is 18.3 Å². The summed E-state index contributed by atoms with van der Waals surface area (Å²) in [5.74, 6) is -0.552. The van der Waals surface area contributed by atoms with Crippen molar-refractivity contribution in [3.63, 3.8) is 0 Å². The van der Waals surface area contributed by atoms with E-state index in [1.54, 1.807) is 23.0 Å². The average molecular weight is 596 g/mol. The maximum absolute atomic E-state index is 13.8. The highest BCUT2D eigenvalue weighted by atomic mass is 35.5. The summed E-state index contributed by atoms with van der Waals surface area (Å²) in [5.41, 5.74) is 3.55. The van der Waals surface area contributed by atoms with Crippen molar-refractivity contribution in [3.8, 4) is 6.07 Å². The third kappa shape index (κ3) is 5.00. The molecule has 13 heteroatoms. The molecule has 1 aliphatic heterocycles. The van der Waals surface area contributed by atoms with Crippen LogP contribution in [0, 0.1) is 17.1 Å². The number of hydrogen-bond acceptors (Lipinski definition) is 8. The monoisotopic (exact) mass is 594 g/mol. The van der Waals surface area contributed by atoms with Crippen LogP contribution in [0.15, 0.2) is 61.1 Å². The Balaban J connectivity index is 1.44. The second kappa shape index (κ2) is 10.9. The largest absolute Gasteiger partial charge is 0.377 e. The van der Waals surface area contributed by atoms with E-state index >= 15 is 0 Å². The van der Waals surface area contributed by atoms with Crippen molar-refractivity contribution in [1.82, 2.24) is 25.0 Å². The molecule has 0 aliphatic carbocycles. The van der Waals surface area contributed by atoms with Gasteiger partial charge in [-0.1, -0.05) is 46.1 Å². The van der Waals surface area contributed by atoms with Crippen LogP contribution in [-0.2, 0) is 4.74 Å². The molecule has 4 heterocycles. The van der Waals surface area contributed by atoms with Gasteiger partial charge in [0, 0.05) is 34.7 Å². The molecule has 6 rings (SSSR count). The number of nitrogens with one attached hydrogen (secondary N) is 2. The summed E-state index contributed by atoms with van der Waals surface area (Å²) in [6.07, 6.45) is 4.87. The number of anilines is 3. The zero-order chi connectivity index (χ0) is 27.8. The minimum atomic E-state index is -0.552. The Morgan fingerprint density at radius 1 is 1.07 bits per heavy atom. The zero-order valence-corrected chi connectivity index (χ0v) is 22.7. The fourth-order valence-corrected chi connectivity index (χ4v) is 5.03.